The van der Waals surface area contributed by atoms with Crippen LogP contribution in [0.1, 0.15) is 31.2 Å². The van der Waals surface area contributed by atoms with E-state index >= 15 is 0 Å². The Hall–Kier alpha value is -2.57. The van der Waals surface area contributed by atoms with Gasteiger partial charge in [0.1, 0.15) is 6.54 Å². The van der Waals surface area contributed by atoms with Crippen LogP contribution >= 0.6 is 0 Å². The monoisotopic (exact) mass is 373 g/mol. The summed E-state index contributed by atoms with van der Waals surface area (Å²) in [6.45, 7) is 2.55. The predicted molar refractivity (Wildman–Crippen MR) is 99.7 cm³/mol. The van der Waals surface area contributed by atoms with Crippen LogP contribution in [0.25, 0.3) is 0 Å². The van der Waals surface area contributed by atoms with Crippen LogP contribution in [0.3, 0.4) is 0 Å². The molecule has 1 aromatic rings. The molecule has 0 aromatic heterocycles. The van der Waals surface area contributed by atoms with E-state index in [0.717, 1.165) is 24.8 Å². The Morgan fingerprint density at radius 3 is 2.70 bits per heavy atom. The van der Waals surface area contributed by atoms with Gasteiger partial charge in [-0.05, 0) is 24.8 Å². The number of benzene rings is 1. The number of carbonyl (C=O) groups excluding carboxylic acids is 3. The first-order valence-electron chi connectivity index (χ1n) is 9.43. The van der Waals surface area contributed by atoms with Gasteiger partial charge >= 0.3 is 6.09 Å². The zero-order valence-corrected chi connectivity index (χ0v) is 15.8. The highest BCUT2D eigenvalue weighted by atomic mass is 16.5. The fraction of sp³-hybridized carbons (Fsp3) is 0.550. The lowest BCUT2D eigenvalue weighted by Gasteiger charge is -2.48. The molecule has 27 heavy (non-hydrogen) atoms. The quantitative estimate of drug-likeness (QED) is 0.872. The highest BCUT2D eigenvalue weighted by Gasteiger charge is 2.42. The summed E-state index contributed by atoms with van der Waals surface area (Å²) in [5.74, 6) is 0.0753. The first-order chi connectivity index (χ1) is 13.0. The molecule has 3 rings (SSSR count). The molecule has 0 radical (unpaired) electrons. The number of carbonyl (C=O) groups is 3. The summed E-state index contributed by atoms with van der Waals surface area (Å²) in [7, 11) is 1.27. The van der Waals surface area contributed by atoms with Gasteiger partial charge in [-0.2, -0.15) is 0 Å². The Morgan fingerprint density at radius 1 is 1.19 bits per heavy atom. The molecule has 1 atom stereocenters. The first kappa shape index (κ1) is 19.2. The molecule has 2 aliphatic rings. The third-order valence-corrected chi connectivity index (χ3v) is 5.55. The maximum absolute atomic E-state index is 12.5. The minimum absolute atomic E-state index is 0.0537. The fourth-order valence-corrected chi connectivity index (χ4v) is 4.14. The molecule has 7 heteroatoms. The van der Waals surface area contributed by atoms with E-state index in [1.54, 1.807) is 0 Å². The number of likely N-dealkylation sites (tertiary alicyclic amines) is 2. The molecule has 0 unspecified atom stereocenters. The van der Waals surface area contributed by atoms with Crippen LogP contribution in [0.5, 0.6) is 0 Å². The molecule has 146 valence electrons. The summed E-state index contributed by atoms with van der Waals surface area (Å²) in [5, 5.41) is 2.45. The van der Waals surface area contributed by atoms with Gasteiger partial charge < -0.3 is 19.9 Å². The van der Waals surface area contributed by atoms with E-state index < -0.39 is 6.09 Å². The van der Waals surface area contributed by atoms with Gasteiger partial charge in [0, 0.05) is 38.0 Å². The van der Waals surface area contributed by atoms with Crippen LogP contribution in [-0.2, 0) is 20.9 Å². The highest BCUT2D eigenvalue weighted by molar-refractivity contribution is 5.82. The molecule has 1 aromatic carbocycles. The number of hydrogen-bond donors (Lipinski definition) is 1. The van der Waals surface area contributed by atoms with Crippen LogP contribution in [0.2, 0.25) is 0 Å². The van der Waals surface area contributed by atoms with Gasteiger partial charge in [0.2, 0.25) is 11.8 Å². The van der Waals surface area contributed by atoms with E-state index in [0.29, 0.717) is 32.6 Å². The van der Waals surface area contributed by atoms with Gasteiger partial charge in [-0.25, -0.2) is 4.79 Å². The second-order valence-corrected chi connectivity index (χ2v) is 7.50. The van der Waals surface area contributed by atoms with Crippen LogP contribution < -0.4 is 5.32 Å². The Morgan fingerprint density at radius 2 is 1.96 bits per heavy atom. The van der Waals surface area contributed by atoms with Crippen molar-refractivity contribution in [3.8, 4) is 0 Å². The van der Waals surface area contributed by atoms with Crippen molar-refractivity contribution in [1.29, 1.82) is 0 Å². The standard InChI is InChI=1S/C20H27N3O4/c1-27-19(26)21-12-18(25)22-11-5-9-20(14-22)10-8-17(24)23(15-20)13-16-6-3-2-4-7-16/h2-4,6-7H,5,8-15H2,1H3,(H,21,26)/t20-/m1/s1. The second kappa shape index (κ2) is 8.41. The van der Waals surface area contributed by atoms with Crippen molar-refractivity contribution in [2.24, 2.45) is 5.41 Å². The van der Waals surface area contributed by atoms with Gasteiger partial charge in [0.25, 0.3) is 0 Å². The summed E-state index contributed by atoms with van der Waals surface area (Å²) in [6.07, 6.45) is 2.66. The van der Waals surface area contributed by atoms with Gasteiger partial charge in [-0.1, -0.05) is 30.3 Å². The molecule has 3 amide bonds. The van der Waals surface area contributed by atoms with Crippen LogP contribution in [0.4, 0.5) is 4.79 Å². The van der Waals surface area contributed by atoms with E-state index in [9.17, 15) is 14.4 Å². The Bertz CT molecular complexity index is 694. The predicted octanol–water partition coefficient (Wildman–Crippen LogP) is 1.77. The summed E-state index contributed by atoms with van der Waals surface area (Å²) in [4.78, 5) is 39.8. The Labute approximate surface area is 159 Å². The van der Waals surface area contributed by atoms with Gasteiger partial charge in [-0.3, -0.25) is 9.59 Å². The molecule has 0 aliphatic carbocycles. The number of hydrogen-bond acceptors (Lipinski definition) is 4. The van der Waals surface area contributed by atoms with Gasteiger partial charge in [-0.15, -0.1) is 0 Å². The van der Waals surface area contributed by atoms with E-state index in [-0.39, 0.29) is 23.8 Å². The molecule has 1 N–H and O–H groups in total. The van der Waals surface area contributed by atoms with Crippen molar-refractivity contribution in [3.05, 3.63) is 35.9 Å². The zero-order chi connectivity index (χ0) is 19.3. The SMILES string of the molecule is COC(=O)NCC(=O)N1CCC[C@@]2(CCC(=O)N(Cc3ccccc3)C2)C1. The molecule has 0 bridgehead atoms. The van der Waals surface area contributed by atoms with Gasteiger partial charge in [0.15, 0.2) is 0 Å². The minimum atomic E-state index is -0.604. The van der Waals surface area contributed by atoms with E-state index in [4.69, 9.17) is 0 Å². The Balaban J connectivity index is 1.63. The topological polar surface area (TPSA) is 79.0 Å². The zero-order valence-electron chi connectivity index (χ0n) is 15.8. The molecule has 2 aliphatic heterocycles. The van der Waals surface area contributed by atoms with Crippen molar-refractivity contribution in [2.75, 3.05) is 33.3 Å². The lowest BCUT2D eigenvalue weighted by atomic mass is 9.73. The molecular weight excluding hydrogens is 346 g/mol. The van der Waals surface area contributed by atoms with Crippen molar-refractivity contribution >= 4 is 17.9 Å². The highest BCUT2D eigenvalue weighted by Crippen LogP contribution is 2.39. The van der Waals surface area contributed by atoms with E-state index in [2.05, 4.69) is 10.1 Å². The number of rotatable bonds is 4. The third kappa shape index (κ3) is 4.78. The molecule has 2 heterocycles. The number of piperidine rings is 2. The number of ether oxygens (including phenoxy) is 1. The number of amides is 3. The van der Waals surface area contributed by atoms with Crippen LogP contribution in [0.15, 0.2) is 30.3 Å². The van der Waals surface area contributed by atoms with Crippen molar-refractivity contribution in [2.45, 2.75) is 32.2 Å². The lowest BCUT2D eigenvalue weighted by Crippen LogP contribution is -2.55. The number of alkyl carbamates (subject to hydrolysis) is 1. The summed E-state index contributed by atoms with van der Waals surface area (Å²) in [6, 6.07) is 9.99. The molecule has 1 spiro atoms. The van der Waals surface area contributed by atoms with Crippen molar-refractivity contribution in [1.82, 2.24) is 15.1 Å². The molecule has 2 fully saturated rings. The van der Waals surface area contributed by atoms with Crippen LogP contribution in [-0.4, -0.2) is 61.0 Å². The second-order valence-electron chi connectivity index (χ2n) is 7.50. The number of methoxy groups -OCH3 is 1. The van der Waals surface area contributed by atoms with Crippen molar-refractivity contribution in [3.63, 3.8) is 0 Å². The maximum Gasteiger partial charge on any atom is 0.407 e. The maximum atomic E-state index is 12.5. The molecule has 2 saturated heterocycles. The molecular formula is C20H27N3O4. The number of nitrogens with zero attached hydrogens (tertiary/aromatic N) is 2. The smallest absolute Gasteiger partial charge is 0.407 e. The normalized spacial score (nSPS) is 22.6. The lowest BCUT2D eigenvalue weighted by molar-refractivity contribution is -0.143. The minimum Gasteiger partial charge on any atom is -0.453 e. The van der Waals surface area contributed by atoms with E-state index in [1.165, 1.54) is 7.11 Å². The van der Waals surface area contributed by atoms with Crippen molar-refractivity contribution < 1.29 is 19.1 Å². The average Bonchev–Trinajstić information content (AvgIpc) is 2.69. The first-order valence-corrected chi connectivity index (χ1v) is 9.43. The molecule has 7 nitrogen and oxygen atoms in total. The van der Waals surface area contributed by atoms with Gasteiger partial charge in [0.05, 0.1) is 7.11 Å². The number of nitrogens with one attached hydrogen (secondary N) is 1. The summed E-state index contributed by atoms with van der Waals surface area (Å²) in [5.41, 5.74) is 1.07. The average molecular weight is 373 g/mol. The summed E-state index contributed by atoms with van der Waals surface area (Å²) >= 11 is 0. The molecule has 0 saturated carbocycles. The fourth-order valence-electron chi connectivity index (χ4n) is 4.14. The third-order valence-electron chi connectivity index (χ3n) is 5.55. The van der Waals surface area contributed by atoms with Crippen LogP contribution in [0, 0.1) is 5.41 Å². The largest absolute Gasteiger partial charge is 0.453 e. The van der Waals surface area contributed by atoms with E-state index in [1.807, 2.05) is 40.1 Å². The Kier molecular flexibility index (Phi) is 5.98. The summed E-state index contributed by atoms with van der Waals surface area (Å²) < 4.78 is 4.52.